The normalized spacial score (nSPS) is 23.5. The Kier molecular flexibility index (Phi) is 7.84. The molecule has 0 saturated carbocycles. The van der Waals surface area contributed by atoms with Gasteiger partial charge in [0, 0.05) is 12.1 Å². The van der Waals surface area contributed by atoms with Gasteiger partial charge in [-0.05, 0) is 25.5 Å². The summed E-state index contributed by atoms with van der Waals surface area (Å²) in [5, 5.41) is 2.10. The highest BCUT2D eigenvalue weighted by molar-refractivity contribution is 7.33. The molecule has 1 aromatic rings. The van der Waals surface area contributed by atoms with Gasteiger partial charge in [-0.2, -0.15) is 0 Å². The fourth-order valence-corrected chi connectivity index (χ4v) is 3.40. The topological polar surface area (TPSA) is 94.2 Å². The molecular formula is C17H23N2O6P. The van der Waals surface area contributed by atoms with Crippen LogP contribution in [0.5, 0.6) is 5.75 Å². The summed E-state index contributed by atoms with van der Waals surface area (Å²) in [7, 11) is -2.70. The number of rotatable bonds is 8. The van der Waals surface area contributed by atoms with Gasteiger partial charge in [-0.25, -0.2) is 9.36 Å². The molecule has 4 atom stereocenters. The number of hydrogen-bond donors (Lipinski definition) is 1. The molecular weight excluding hydrogens is 359 g/mol. The summed E-state index contributed by atoms with van der Waals surface area (Å²) in [6, 6.07) is 8.19. The number of imide groups is 1. The molecule has 1 aliphatic heterocycles. The van der Waals surface area contributed by atoms with Gasteiger partial charge in [-0.3, -0.25) is 19.5 Å². The van der Waals surface area contributed by atoms with Gasteiger partial charge in [0.05, 0.1) is 12.7 Å². The third-order valence-electron chi connectivity index (χ3n) is 3.79. The lowest BCUT2D eigenvalue weighted by Gasteiger charge is -2.27. The van der Waals surface area contributed by atoms with Gasteiger partial charge < -0.3 is 9.26 Å². The number of allylic oxidation sites excluding steroid dienone is 1. The van der Waals surface area contributed by atoms with E-state index < -0.39 is 20.5 Å². The highest BCUT2D eigenvalue weighted by Crippen LogP contribution is 2.33. The molecule has 0 radical (unpaired) electrons. The van der Waals surface area contributed by atoms with E-state index in [2.05, 4.69) is 5.32 Å². The minimum Gasteiger partial charge on any atom is -0.426 e. The monoisotopic (exact) mass is 382 g/mol. The fraction of sp³-hybridized carbons (Fsp3) is 0.412. The fourth-order valence-electron chi connectivity index (χ4n) is 2.69. The zero-order valence-corrected chi connectivity index (χ0v) is 15.7. The predicted octanol–water partition coefficient (Wildman–Crippen LogP) is 2.92. The Labute approximate surface area is 153 Å². The minimum absolute atomic E-state index is 0.00886. The van der Waals surface area contributed by atoms with Gasteiger partial charge in [-0.1, -0.05) is 31.2 Å². The van der Waals surface area contributed by atoms with Crippen LogP contribution in [-0.4, -0.2) is 36.3 Å². The molecule has 2 rings (SSSR count). The summed E-state index contributed by atoms with van der Waals surface area (Å²) < 4.78 is 28.3. The van der Waals surface area contributed by atoms with E-state index in [1.807, 2.05) is 13.0 Å². The number of ether oxygens (including phenoxy) is 1. The molecule has 0 aliphatic carbocycles. The van der Waals surface area contributed by atoms with E-state index in [4.69, 9.17) is 13.8 Å². The number of hydrogen-bond acceptors (Lipinski definition) is 6. The SMILES string of the molecule is C/C=C\N(C(=O)NC=O)C1OC(CO[PH](=O)Oc2ccccc2)CC1C. The average molecular weight is 382 g/mol. The number of nitrogens with one attached hydrogen (secondary N) is 1. The molecule has 1 aromatic carbocycles. The van der Waals surface area contributed by atoms with Crippen molar-refractivity contribution in [3.05, 3.63) is 42.6 Å². The smallest absolute Gasteiger partial charge is 0.367 e. The molecule has 0 bridgehead atoms. The number of nitrogens with zero attached hydrogens (tertiary/aromatic N) is 1. The summed E-state index contributed by atoms with van der Waals surface area (Å²) in [6.07, 6.45) is 3.29. The Morgan fingerprint density at radius 2 is 2.15 bits per heavy atom. The maximum absolute atomic E-state index is 12.0. The Morgan fingerprint density at radius 3 is 2.81 bits per heavy atom. The summed E-state index contributed by atoms with van der Waals surface area (Å²) >= 11 is 0. The van der Waals surface area contributed by atoms with Gasteiger partial charge in [0.15, 0.2) is 0 Å². The van der Waals surface area contributed by atoms with Gasteiger partial charge in [0.1, 0.15) is 12.0 Å². The Balaban J connectivity index is 1.87. The molecule has 3 amide bonds. The first-order valence-corrected chi connectivity index (χ1v) is 9.48. The van der Waals surface area contributed by atoms with Crippen molar-refractivity contribution in [2.75, 3.05) is 6.61 Å². The van der Waals surface area contributed by atoms with Crippen LogP contribution in [0.15, 0.2) is 42.6 Å². The molecule has 0 aromatic heterocycles. The lowest BCUT2D eigenvalue weighted by atomic mass is 10.1. The third-order valence-corrected chi connectivity index (χ3v) is 4.59. The van der Waals surface area contributed by atoms with Crippen molar-refractivity contribution in [3.8, 4) is 5.75 Å². The summed E-state index contributed by atoms with van der Waals surface area (Å²) in [6.45, 7) is 3.78. The second-order valence-electron chi connectivity index (χ2n) is 5.79. The maximum atomic E-state index is 12.0. The van der Waals surface area contributed by atoms with E-state index in [9.17, 15) is 14.2 Å². The van der Waals surface area contributed by atoms with Crippen molar-refractivity contribution in [1.82, 2.24) is 10.2 Å². The van der Waals surface area contributed by atoms with Gasteiger partial charge in [0.2, 0.25) is 6.41 Å². The van der Waals surface area contributed by atoms with E-state index in [0.717, 1.165) is 0 Å². The van der Waals surface area contributed by atoms with E-state index in [0.29, 0.717) is 18.6 Å². The number of carbonyl (C=O) groups is 2. The van der Waals surface area contributed by atoms with E-state index in [1.165, 1.54) is 4.90 Å². The molecule has 1 N–H and O–H groups in total. The third kappa shape index (κ3) is 5.69. The second-order valence-corrected chi connectivity index (χ2v) is 6.79. The summed E-state index contributed by atoms with van der Waals surface area (Å²) in [5.74, 6) is 0.481. The first-order chi connectivity index (χ1) is 12.5. The molecule has 1 saturated heterocycles. The van der Waals surface area contributed by atoms with Crippen LogP contribution >= 0.6 is 8.25 Å². The van der Waals surface area contributed by atoms with Crippen LogP contribution in [0.1, 0.15) is 20.3 Å². The van der Waals surface area contributed by atoms with Crippen molar-refractivity contribution >= 4 is 20.7 Å². The van der Waals surface area contributed by atoms with Gasteiger partial charge in [0.25, 0.3) is 0 Å². The molecule has 9 heteroatoms. The number of para-hydroxylation sites is 1. The van der Waals surface area contributed by atoms with Crippen LogP contribution < -0.4 is 9.84 Å². The van der Waals surface area contributed by atoms with E-state index in [1.54, 1.807) is 43.5 Å². The lowest BCUT2D eigenvalue weighted by molar-refractivity contribution is -0.109. The molecule has 0 spiro atoms. The standard InChI is InChI=1S/C17H23N2O6P/c1-3-9-19(17(21)18-12-20)16-13(2)10-15(24-16)11-23-26(22)25-14-7-5-4-6-8-14/h3-9,12-13,15-16,26H,10-11H2,1-2H3,(H,18,20,21)/b9-3-. The lowest BCUT2D eigenvalue weighted by Crippen LogP contribution is -2.44. The first-order valence-electron chi connectivity index (χ1n) is 8.25. The zero-order valence-electron chi connectivity index (χ0n) is 14.7. The average Bonchev–Trinajstić information content (AvgIpc) is 2.99. The quantitative estimate of drug-likeness (QED) is 0.549. The largest absolute Gasteiger partial charge is 0.426 e. The zero-order chi connectivity index (χ0) is 18.9. The molecule has 142 valence electrons. The summed E-state index contributed by atoms with van der Waals surface area (Å²) in [4.78, 5) is 23.8. The molecule has 1 fully saturated rings. The van der Waals surface area contributed by atoms with E-state index in [-0.39, 0.29) is 18.6 Å². The van der Waals surface area contributed by atoms with E-state index >= 15 is 0 Å². The predicted molar refractivity (Wildman–Crippen MR) is 95.7 cm³/mol. The van der Waals surface area contributed by atoms with Crippen LogP contribution in [0, 0.1) is 5.92 Å². The molecule has 26 heavy (non-hydrogen) atoms. The minimum atomic E-state index is -2.70. The highest BCUT2D eigenvalue weighted by atomic mass is 31.1. The van der Waals surface area contributed by atoms with Crippen molar-refractivity contribution in [2.24, 2.45) is 5.92 Å². The molecule has 1 heterocycles. The molecule has 1 aliphatic rings. The van der Waals surface area contributed by atoms with Crippen LogP contribution in [-0.2, 0) is 18.6 Å². The second kappa shape index (κ2) is 10.1. The van der Waals surface area contributed by atoms with Gasteiger partial charge >= 0.3 is 14.3 Å². The Bertz CT molecular complexity index is 654. The van der Waals surface area contributed by atoms with Gasteiger partial charge in [-0.15, -0.1) is 0 Å². The summed E-state index contributed by atoms with van der Waals surface area (Å²) in [5.41, 5.74) is 0. The Morgan fingerprint density at radius 1 is 1.42 bits per heavy atom. The van der Waals surface area contributed by atoms with Crippen molar-refractivity contribution in [2.45, 2.75) is 32.6 Å². The highest BCUT2D eigenvalue weighted by Gasteiger charge is 2.38. The number of amides is 3. The molecule has 4 unspecified atom stereocenters. The molecule has 8 nitrogen and oxygen atoms in total. The van der Waals surface area contributed by atoms with Crippen LogP contribution in [0.25, 0.3) is 0 Å². The maximum Gasteiger partial charge on any atom is 0.367 e. The number of urea groups is 1. The van der Waals surface area contributed by atoms with Crippen molar-refractivity contribution in [1.29, 1.82) is 0 Å². The van der Waals surface area contributed by atoms with Crippen LogP contribution in [0.3, 0.4) is 0 Å². The number of carbonyl (C=O) groups excluding carboxylic acids is 2. The van der Waals surface area contributed by atoms with Crippen molar-refractivity contribution < 1.29 is 27.9 Å². The Hall–Kier alpha value is -2.15. The van der Waals surface area contributed by atoms with Crippen LogP contribution in [0.2, 0.25) is 0 Å². The first kappa shape index (κ1) is 20.2. The van der Waals surface area contributed by atoms with Crippen LogP contribution in [0.4, 0.5) is 4.79 Å². The van der Waals surface area contributed by atoms with Crippen molar-refractivity contribution in [3.63, 3.8) is 0 Å². The number of benzene rings is 1.